The molecule has 178 valence electrons. The van der Waals surface area contributed by atoms with Crippen LogP contribution in [0.5, 0.6) is 0 Å². The second-order valence-electron chi connectivity index (χ2n) is 8.52. The number of benzene rings is 1. The fourth-order valence-electron chi connectivity index (χ4n) is 4.46. The van der Waals surface area contributed by atoms with E-state index >= 15 is 0 Å². The number of hydrogen-bond acceptors (Lipinski definition) is 4. The van der Waals surface area contributed by atoms with Crippen LogP contribution < -0.4 is 0 Å². The summed E-state index contributed by atoms with van der Waals surface area (Å²) < 4.78 is 38.5. The SMILES string of the molecule is C[C@@H]1CCCN(C(=O)c2ccc(Cl)cc2-c2ncccn2)[C@@H]1CCc1ccc(C(F)(F)F)cn1. The predicted octanol–water partition coefficient (Wildman–Crippen LogP) is 6.08. The van der Waals surface area contributed by atoms with E-state index in [1.807, 2.05) is 4.90 Å². The number of aromatic nitrogens is 3. The fraction of sp³-hybridized carbons (Fsp3) is 0.360. The number of nitrogens with zero attached hydrogens (tertiary/aromatic N) is 4. The zero-order valence-electron chi connectivity index (χ0n) is 18.6. The predicted molar refractivity (Wildman–Crippen MR) is 123 cm³/mol. The van der Waals surface area contributed by atoms with E-state index in [0.717, 1.165) is 25.1 Å². The molecule has 5 nitrogen and oxygen atoms in total. The molecule has 9 heteroatoms. The number of likely N-dealkylation sites (tertiary alicyclic amines) is 1. The molecule has 1 aliphatic rings. The number of piperidine rings is 1. The first-order valence-electron chi connectivity index (χ1n) is 11.1. The molecule has 0 saturated carbocycles. The maximum atomic E-state index is 13.7. The summed E-state index contributed by atoms with van der Waals surface area (Å²) >= 11 is 6.21. The van der Waals surface area contributed by atoms with Gasteiger partial charge < -0.3 is 4.90 Å². The minimum atomic E-state index is -4.41. The molecule has 0 unspecified atom stereocenters. The number of carbonyl (C=O) groups excluding carboxylic acids is 1. The smallest absolute Gasteiger partial charge is 0.335 e. The first-order valence-corrected chi connectivity index (χ1v) is 11.5. The molecule has 1 amide bonds. The Bertz CT molecular complexity index is 1140. The second-order valence-corrected chi connectivity index (χ2v) is 8.96. The molecule has 0 spiro atoms. The largest absolute Gasteiger partial charge is 0.417 e. The summed E-state index contributed by atoms with van der Waals surface area (Å²) in [6.07, 6.45) is 2.62. The Morgan fingerprint density at radius 1 is 1.15 bits per heavy atom. The van der Waals surface area contributed by atoms with Gasteiger partial charge in [-0.1, -0.05) is 18.5 Å². The van der Waals surface area contributed by atoms with Crippen LogP contribution in [0.1, 0.15) is 47.8 Å². The van der Waals surface area contributed by atoms with Gasteiger partial charge in [0.2, 0.25) is 0 Å². The van der Waals surface area contributed by atoms with E-state index in [-0.39, 0.29) is 17.9 Å². The lowest BCUT2D eigenvalue weighted by atomic mass is 9.86. The molecule has 4 rings (SSSR count). The molecule has 0 aliphatic carbocycles. The maximum absolute atomic E-state index is 13.7. The van der Waals surface area contributed by atoms with Gasteiger partial charge in [0.15, 0.2) is 5.82 Å². The highest BCUT2D eigenvalue weighted by atomic mass is 35.5. The Labute approximate surface area is 201 Å². The van der Waals surface area contributed by atoms with Gasteiger partial charge in [0.25, 0.3) is 5.91 Å². The van der Waals surface area contributed by atoms with Crippen LogP contribution in [0.4, 0.5) is 13.2 Å². The van der Waals surface area contributed by atoms with Crippen molar-refractivity contribution >= 4 is 17.5 Å². The minimum absolute atomic E-state index is 0.0643. The summed E-state index contributed by atoms with van der Waals surface area (Å²) in [4.78, 5) is 28.1. The number of halogens is 4. The van der Waals surface area contributed by atoms with Gasteiger partial charge in [0, 0.05) is 47.5 Å². The second kappa shape index (κ2) is 10.1. The van der Waals surface area contributed by atoms with Crippen LogP contribution in [0.3, 0.4) is 0 Å². The summed E-state index contributed by atoms with van der Waals surface area (Å²) in [5, 5.41) is 0.482. The molecule has 34 heavy (non-hydrogen) atoms. The third kappa shape index (κ3) is 5.38. The Balaban J connectivity index is 1.56. The third-order valence-corrected chi connectivity index (χ3v) is 6.48. The number of alkyl halides is 3. The van der Waals surface area contributed by atoms with Crippen molar-refractivity contribution in [2.24, 2.45) is 5.92 Å². The van der Waals surface area contributed by atoms with Gasteiger partial charge in [-0.2, -0.15) is 13.2 Å². The topological polar surface area (TPSA) is 59.0 Å². The Kier molecular flexibility index (Phi) is 7.16. The lowest BCUT2D eigenvalue weighted by molar-refractivity contribution is -0.137. The van der Waals surface area contributed by atoms with E-state index in [1.165, 1.54) is 6.07 Å². The molecular formula is C25H24ClF3N4O. The van der Waals surface area contributed by atoms with Gasteiger partial charge in [0.05, 0.1) is 11.1 Å². The summed E-state index contributed by atoms with van der Waals surface area (Å²) in [5.74, 6) is 0.538. The zero-order valence-corrected chi connectivity index (χ0v) is 19.4. The van der Waals surface area contributed by atoms with E-state index in [0.29, 0.717) is 47.1 Å². The quantitative estimate of drug-likeness (QED) is 0.436. The number of hydrogen-bond donors (Lipinski definition) is 0. The molecule has 2 aromatic heterocycles. The zero-order chi connectivity index (χ0) is 24.3. The van der Waals surface area contributed by atoms with Crippen molar-refractivity contribution in [2.75, 3.05) is 6.54 Å². The summed E-state index contributed by atoms with van der Waals surface area (Å²) in [6.45, 7) is 2.71. The van der Waals surface area contributed by atoms with Gasteiger partial charge in [-0.25, -0.2) is 9.97 Å². The van der Waals surface area contributed by atoms with Gasteiger partial charge in [-0.3, -0.25) is 9.78 Å². The third-order valence-electron chi connectivity index (χ3n) is 6.24. The van der Waals surface area contributed by atoms with Crippen LogP contribution in [0.25, 0.3) is 11.4 Å². The molecule has 0 bridgehead atoms. The lowest BCUT2D eigenvalue weighted by Gasteiger charge is -2.40. The molecule has 3 aromatic rings. The Morgan fingerprint density at radius 2 is 1.91 bits per heavy atom. The van der Waals surface area contributed by atoms with E-state index in [4.69, 9.17) is 11.6 Å². The highest BCUT2D eigenvalue weighted by Crippen LogP contribution is 2.32. The maximum Gasteiger partial charge on any atom is 0.417 e. The summed E-state index contributed by atoms with van der Waals surface area (Å²) in [6, 6.07) is 9.17. The van der Waals surface area contributed by atoms with Crippen LogP contribution in [0, 0.1) is 5.92 Å². The number of carbonyl (C=O) groups is 1. The first kappa shape index (κ1) is 24.1. The number of amides is 1. The Hall–Kier alpha value is -3.00. The molecule has 2 atom stereocenters. The van der Waals surface area contributed by atoms with Gasteiger partial charge in [-0.15, -0.1) is 0 Å². The molecule has 1 aliphatic heterocycles. The normalized spacial score (nSPS) is 18.7. The summed E-state index contributed by atoms with van der Waals surface area (Å²) in [5.41, 5.74) is 0.849. The molecule has 1 aromatic carbocycles. The van der Waals surface area contributed by atoms with Crippen molar-refractivity contribution in [3.63, 3.8) is 0 Å². The van der Waals surface area contributed by atoms with E-state index in [1.54, 1.807) is 36.7 Å². The Morgan fingerprint density at radius 3 is 2.59 bits per heavy atom. The standard InChI is InChI=1S/C25H24ClF3N4O/c1-16-4-2-13-33(22(16)10-8-19-7-5-17(15-32-19)25(27,28)29)24(34)20-9-6-18(26)14-21(20)23-30-11-3-12-31-23/h3,5-7,9,11-12,14-16,22H,2,4,8,10,13H2,1H3/t16-,22-/m1/s1. The van der Waals surface area contributed by atoms with Crippen molar-refractivity contribution in [1.82, 2.24) is 19.9 Å². The van der Waals surface area contributed by atoms with Crippen LogP contribution in [-0.4, -0.2) is 38.3 Å². The first-order chi connectivity index (χ1) is 16.2. The molecule has 0 N–H and O–H groups in total. The van der Waals surface area contributed by atoms with E-state index in [2.05, 4.69) is 21.9 Å². The average molecular weight is 489 g/mol. The van der Waals surface area contributed by atoms with Crippen LogP contribution in [0.15, 0.2) is 55.0 Å². The van der Waals surface area contributed by atoms with Crippen LogP contribution in [0.2, 0.25) is 5.02 Å². The van der Waals surface area contributed by atoms with Crippen molar-refractivity contribution in [2.45, 2.75) is 44.8 Å². The summed E-state index contributed by atoms with van der Waals surface area (Å²) in [7, 11) is 0. The van der Waals surface area contributed by atoms with Gasteiger partial charge >= 0.3 is 6.18 Å². The monoisotopic (exact) mass is 488 g/mol. The highest BCUT2D eigenvalue weighted by Gasteiger charge is 2.34. The van der Waals surface area contributed by atoms with Gasteiger partial charge in [0.1, 0.15) is 0 Å². The van der Waals surface area contributed by atoms with Crippen molar-refractivity contribution < 1.29 is 18.0 Å². The van der Waals surface area contributed by atoms with Crippen molar-refractivity contribution in [3.05, 3.63) is 76.8 Å². The van der Waals surface area contributed by atoms with Crippen LogP contribution >= 0.6 is 11.6 Å². The molecule has 1 fully saturated rings. The molecule has 0 radical (unpaired) electrons. The molecule has 3 heterocycles. The lowest BCUT2D eigenvalue weighted by Crippen LogP contribution is -2.48. The van der Waals surface area contributed by atoms with Crippen molar-refractivity contribution in [3.8, 4) is 11.4 Å². The van der Waals surface area contributed by atoms with Crippen LogP contribution in [-0.2, 0) is 12.6 Å². The fourth-order valence-corrected chi connectivity index (χ4v) is 4.63. The number of rotatable bonds is 5. The van der Waals surface area contributed by atoms with Crippen molar-refractivity contribution in [1.29, 1.82) is 0 Å². The minimum Gasteiger partial charge on any atom is -0.335 e. The van der Waals surface area contributed by atoms with E-state index < -0.39 is 11.7 Å². The van der Waals surface area contributed by atoms with Gasteiger partial charge in [-0.05, 0) is 68.0 Å². The number of aryl methyl sites for hydroxylation is 1. The van der Waals surface area contributed by atoms with E-state index in [9.17, 15) is 18.0 Å². The highest BCUT2D eigenvalue weighted by molar-refractivity contribution is 6.31. The number of pyridine rings is 1. The average Bonchev–Trinajstić information content (AvgIpc) is 2.83. The molecule has 1 saturated heterocycles. The molecular weight excluding hydrogens is 465 g/mol.